The van der Waals surface area contributed by atoms with Crippen LogP contribution in [-0.2, 0) is 0 Å². The third kappa shape index (κ3) is 6.20. The number of hydrogen-bond acceptors (Lipinski definition) is 4. The molecule has 2 heterocycles. The van der Waals surface area contributed by atoms with Gasteiger partial charge in [-0.15, -0.1) is 0 Å². The molecule has 24 heavy (non-hydrogen) atoms. The zero-order valence-corrected chi connectivity index (χ0v) is 13.7. The van der Waals surface area contributed by atoms with Gasteiger partial charge in [-0.3, -0.25) is 0 Å². The summed E-state index contributed by atoms with van der Waals surface area (Å²) >= 11 is 0. The molecular weight excluding hydrogens is 316 g/mol. The van der Waals surface area contributed by atoms with Gasteiger partial charge in [-0.05, 0) is 36.9 Å². The van der Waals surface area contributed by atoms with E-state index in [1.54, 1.807) is 23.2 Å². The van der Waals surface area contributed by atoms with Crippen molar-refractivity contribution in [3.05, 3.63) is 28.8 Å². The summed E-state index contributed by atoms with van der Waals surface area (Å²) in [5.74, 6) is -1.41. The Labute approximate surface area is 140 Å². The molecule has 0 saturated carbocycles. The number of anilines is 1. The van der Waals surface area contributed by atoms with Gasteiger partial charge in [-0.25, -0.2) is 13.8 Å². The summed E-state index contributed by atoms with van der Waals surface area (Å²) in [5, 5.41) is 3.48. The first-order valence-corrected chi connectivity index (χ1v) is 8.33. The zero-order valence-electron chi connectivity index (χ0n) is 13.7. The van der Waals surface area contributed by atoms with Crippen molar-refractivity contribution in [2.75, 3.05) is 31.1 Å². The molecule has 6 nitrogen and oxygen atoms in total. The van der Waals surface area contributed by atoms with Gasteiger partial charge in [0.05, 0.1) is 19.3 Å². The topological polar surface area (TPSA) is 74.1 Å². The fourth-order valence-electron chi connectivity index (χ4n) is 2.68. The molecule has 0 aromatic carbocycles. The third-order valence-electron chi connectivity index (χ3n) is 3.92. The molecule has 1 saturated heterocycles. The maximum Gasteiger partial charge on any atom is 0.265 e. The highest BCUT2D eigenvalue weighted by atomic mass is 19.3. The van der Waals surface area contributed by atoms with Crippen LogP contribution in [0.5, 0.6) is 5.75 Å². The number of ether oxygens (including phenoxy) is 1. The van der Waals surface area contributed by atoms with Crippen LogP contribution in [0.1, 0.15) is 38.5 Å². The van der Waals surface area contributed by atoms with Crippen molar-refractivity contribution in [1.82, 2.24) is 4.98 Å². The number of alkyl halides is 2. The lowest BCUT2D eigenvalue weighted by Crippen LogP contribution is -2.42. The normalized spacial score (nSPS) is 16.5. The van der Waals surface area contributed by atoms with E-state index in [0.717, 1.165) is 25.7 Å². The molecule has 0 atom stereocenters. The first kappa shape index (κ1) is 18.3. The average molecular weight is 339 g/mol. The molecule has 0 radical (unpaired) electrons. The van der Waals surface area contributed by atoms with Crippen LogP contribution in [0.15, 0.2) is 23.4 Å². The van der Waals surface area contributed by atoms with Crippen LogP contribution in [0, 0.1) is 0 Å². The van der Waals surface area contributed by atoms with E-state index in [4.69, 9.17) is 10.3 Å². The Morgan fingerprint density at radius 3 is 2.83 bits per heavy atom. The second-order valence-corrected chi connectivity index (χ2v) is 5.95. The number of unbranched alkanes of at least 4 members (excludes halogenated alkanes) is 3. The van der Waals surface area contributed by atoms with Crippen LogP contribution in [-0.4, -0.2) is 37.1 Å². The maximum atomic E-state index is 13.4. The predicted molar refractivity (Wildman–Crippen MR) is 88.6 cm³/mol. The van der Waals surface area contributed by atoms with Crippen LogP contribution in [0.3, 0.4) is 0 Å². The van der Waals surface area contributed by atoms with Gasteiger partial charge in [0.2, 0.25) is 0 Å². The standard InChI is InChI=1S/C16H23F2N5O/c17-16(18)8-5-10-23(13-16)15-7-6-14(12-20-15)24-11-4-2-1-3-9-21-22-19/h6-7,12H,1-5,8-11,13H2. The molecule has 8 heteroatoms. The molecule has 1 fully saturated rings. The number of aromatic nitrogens is 1. The Bertz CT molecular complexity index is 546. The molecule has 0 unspecified atom stereocenters. The van der Waals surface area contributed by atoms with Crippen molar-refractivity contribution in [1.29, 1.82) is 0 Å². The average Bonchev–Trinajstić information content (AvgIpc) is 2.57. The summed E-state index contributed by atoms with van der Waals surface area (Å²) in [6.07, 6.45) is 5.83. The Kier molecular flexibility index (Phi) is 7.06. The van der Waals surface area contributed by atoms with Gasteiger partial charge in [-0.2, -0.15) is 0 Å². The fourth-order valence-corrected chi connectivity index (χ4v) is 2.68. The van der Waals surface area contributed by atoms with E-state index in [1.165, 1.54) is 0 Å². The van der Waals surface area contributed by atoms with Crippen molar-refractivity contribution in [3.8, 4) is 5.75 Å². The molecule has 0 bridgehead atoms. The van der Waals surface area contributed by atoms with Gasteiger partial charge in [0.25, 0.3) is 5.92 Å². The lowest BCUT2D eigenvalue weighted by atomic mass is 10.1. The first-order chi connectivity index (χ1) is 11.6. The molecule has 1 aliphatic heterocycles. The summed E-state index contributed by atoms with van der Waals surface area (Å²) in [7, 11) is 0. The van der Waals surface area contributed by atoms with Crippen molar-refractivity contribution < 1.29 is 13.5 Å². The summed E-state index contributed by atoms with van der Waals surface area (Å²) in [5.41, 5.74) is 8.15. The summed E-state index contributed by atoms with van der Waals surface area (Å²) in [6, 6.07) is 3.51. The van der Waals surface area contributed by atoms with E-state index < -0.39 is 5.92 Å². The highest BCUT2D eigenvalue weighted by molar-refractivity contribution is 5.41. The van der Waals surface area contributed by atoms with Crippen LogP contribution >= 0.6 is 0 Å². The lowest BCUT2D eigenvalue weighted by molar-refractivity contribution is -0.0118. The maximum absolute atomic E-state index is 13.4. The van der Waals surface area contributed by atoms with Crippen LogP contribution in [0.25, 0.3) is 10.4 Å². The second kappa shape index (κ2) is 9.27. The number of pyridine rings is 1. The minimum atomic E-state index is -2.63. The molecule has 132 valence electrons. The van der Waals surface area contributed by atoms with E-state index in [9.17, 15) is 8.78 Å². The molecule has 1 aromatic heterocycles. The molecule has 1 aliphatic rings. The number of rotatable bonds is 9. The van der Waals surface area contributed by atoms with E-state index in [0.29, 0.717) is 37.7 Å². The molecule has 1 aromatic rings. The number of nitrogens with zero attached hydrogens (tertiary/aromatic N) is 5. The Balaban J connectivity index is 1.67. The number of piperidine rings is 1. The van der Waals surface area contributed by atoms with E-state index in [-0.39, 0.29) is 13.0 Å². The van der Waals surface area contributed by atoms with Crippen molar-refractivity contribution in [2.24, 2.45) is 5.11 Å². The van der Waals surface area contributed by atoms with Crippen molar-refractivity contribution >= 4 is 5.82 Å². The van der Waals surface area contributed by atoms with Crippen LogP contribution in [0.4, 0.5) is 14.6 Å². The van der Waals surface area contributed by atoms with Crippen LogP contribution in [0.2, 0.25) is 0 Å². The highest BCUT2D eigenvalue weighted by Gasteiger charge is 2.35. The number of halogens is 2. The highest BCUT2D eigenvalue weighted by Crippen LogP contribution is 2.29. The molecule has 2 rings (SSSR count). The van der Waals surface area contributed by atoms with E-state index in [1.807, 2.05) is 0 Å². The van der Waals surface area contributed by atoms with Gasteiger partial charge in [0.15, 0.2) is 0 Å². The minimum Gasteiger partial charge on any atom is -0.492 e. The van der Waals surface area contributed by atoms with Gasteiger partial charge in [0, 0.05) is 24.4 Å². The second-order valence-electron chi connectivity index (χ2n) is 5.95. The van der Waals surface area contributed by atoms with Crippen molar-refractivity contribution in [3.63, 3.8) is 0 Å². The molecular formula is C16H23F2N5O. The van der Waals surface area contributed by atoms with Gasteiger partial charge < -0.3 is 9.64 Å². The molecule has 0 N–H and O–H groups in total. The third-order valence-corrected chi connectivity index (χ3v) is 3.92. The van der Waals surface area contributed by atoms with Gasteiger partial charge in [0.1, 0.15) is 11.6 Å². The first-order valence-electron chi connectivity index (χ1n) is 8.33. The monoisotopic (exact) mass is 339 g/mol. The summed E-state index contributed by atoms with van der Waals surface area (Å²) in [6.45, 7) is 1.47. The largest absolute Gasteiger partial charge is 0.492 e. The molecule has 0 aliphatic carbocycles. The van der Waals surface area contributed by atoms with Crippen molar-refractivity contribution in [2.45, 2.75) is 44.4 Å². The predicted octanol–water partition coefficient (Wildman–Crippen LogP) is 4.57. The lowest BCUT2D eigenvalue weighted by Gasteiger charge is -2.33. The summed E-state index contributed by atoms with van der Waals surface area (Å²) < 4.78 is 32.5. The molecule has 0 spiro atoms. The Morgan fingerprint density at radius 2 is 2.12 bits per heavy atom. The van der Waals surface area contributed by atoms with E-state index >= 15 is 0 Å². The Hall–Kier alpha value is -2.08. The van der Waals surface area contributed by atoms with Crippen LogP contribution < -0.4 is 9.64 Å². The fraction of sp³-hybridized carbons (Fsp3) is 0.688. The summed E-state index contributed by atoms with van der Waals surface area (Å²) in [4.78, 5) is 8.57. The van der Waals surface area contributed by atoms with E-state index in [2.05, 4.69) is 15.0 Å². The number of azide groups is 1. The quantitative estimate of drug-likeness (QED) is 0.286. The SMILES string of the molecule is [N-]=[N+]=NCCCCCCOc1ccc(N2CCCC(F)(F)C2)nc1. The van der Waals surface area contributed by atoms with Gasteiger partial charge in [-0.1, -0.05) is 18.0 Å². The minimum absolute atomic E-state index is 0.0481. The smallest absolute Gasteiger partial charge is 0.265 e. The zero-order chi connectivity index (χ0) is 17.3. The number of hydrogen-bond donors (Lipinski definition) is 0. The Morgan fingerprint density at radius 1 is 1.29 bits per heavy atom. The molecule has 0 amide bonds. The van der Waals surface area contributed by atoms with Gasteiger partial charge >= 0.3 is 0 Å².